The first-order valence-corrected chi connectivity index (χ1v) is 12.2. The molecular formula is C29H27N7O. The van der Waals surface area contributed by atoms with Crippen LogP contribution in [0.2, 0.25) is 0 Å². The molecule has 184 valence electrons. The minimum absolute atomic E-state index is 0.0303. The van der Waals surface area contributed by atoms with Crippen LogP contribution in [0.15, 0.2) is 60.9 Å². The van der Waals surface area contributed by atoms with E-state index in [4.69, 9.17) is 0 Å². The maximum atomic E-state index is 12.2. The summed E-state index contributed by atoms with van der Waals surface area (Å²) in [6.45, 7) is 6.29. The number of hydrogen-bond donors (Lipinski definition) is 3. The maximum absolute atomic E-state index is 12.2. The van der Waals surface area contributed by atoms with Gasteiger partial charge in [0, 0.05) is 52.6 Å². The molecule has 1 amide bonds. The number of carbonyl (C=O) groups is 1. The number of hydrogen-bond acceptors (Lipinski definition) is 7. The molecule has 2 aromatic heterocycles. The van der Waals surface area contributed by atoms with Gasteiger partial charge in [0.25, 0.3) is 0 Å². The zero-order valence-electron chi connectivity index (χ0n) is 21.2. The first kappa shape index (κ1) is 22.8. The smallest absolute Gasteiger partial charge is 0.225 e. The van der Waals surface area contributed by atoms with Gasteiger partial charge in [-0.05, 0) is 53.4 Å². The fourth-order valence-corrected chi connectivity index (χ4v) is 5.20. The van der Waals surface area contributed by atoms with E-state index >= 15 is 0 Å². The number of aryl methyl sites for hydroxylation is 1. The standard InChI is InChI=1S/C29H27N7O/c1-16-5-8-20-21(26(16)17-6-10-23-18(11-17)14-31-28(30-4)35-23)15-32-36-27(20)33-19-7-9-22-24(12-19)34-25(37)13-29(22,2)3/h5-12,14-15H,13H2,1-4H3,(H,33,36)(H,34,37)(H,30,31,35). The number of fused-ring (bicyclic) bond motifs is 3. The van der Waals surface area contributed by atoms with Crippen LogP contribution in [0.25, 0.3) is 32.8 Å². The van der Waals surface area contributed by atoms with Gasteiger partial charge in [0.05, 0.1) is 11.7 Å². The highest BCUT2D eigenvalue weighted by atomic mass is 16.1. The van der Waals surface area contributed by atoms with Crippen molar-refractivity contribution in [2.24, 2.45) is 0 Å². The van der Waals surface area contributed by atoms with E-state index in [1.807, 2.05) is 37.6 Å². The molecule has 0 saturated heterocycles. The number of benzene rings is 3. The topological polar surface area (TPSA) is 105 Å². The molecular weight excluding hydrogens is 462 g/mol. The molecule has 5 aromatic rings. The van der Waals surface area contributed by atoms with E-state index in [1.165, 1.54) is 0 Å². The molecule has 0 unspecified atom stereocenters. The average molecular weight is 490 g/mol. The Bertz CT molecular complexity index is 1710. The summed E-state index contributed by atoms with van der Waals surface area (Å²) in [6, 6.07) is 16.4. The summed E-state index contributed by atoms with van der Waals surface area (Å²) < 4.78 is 0. The van der Waals surface area contributed by atoms with Gasteiger partial charge in [0.15, 0.2) is 5.82 Å². The molecule has 0 atom stereocenters. The molecule has 0 fully saturated rings. The van der Waals surface area contributed by atoms with Gasteiger partial charge >= 0.3 is 0 Å². The molecule has 3 aromatic carbocycles. The second-order valence-corrected chi connectivity index (χ2v) is 10.1. The molecule has 1 aliphatic heterocycles. The molecule has 1 aliphatic rings. The van der Waals surface area contributed by atoms with E-state index in [2.05, 4.69) is 87.2 Å². The van der Waals surface area contributed by atoms with E-state index in [-0.39, 0.29) is 11.3 Å². The van der Waals surface area contributed by atoms with Gasteiger partial charge in [-0.1, -0.05) is 38.1 Å². The lowest BCUT2D eigenvalue weighted by Crippen LogP contribution is -2.32. The van der Waals surface area contributed by atoms with Crippen molar-refractivity contribution >= 4 is 50.7 Å². The van der Waals surface area contributed by atoms with E-state index < -0.39 is 0 Å². The number of aromatic nitrogens is 4. The molecule has 6 rings (SSSR count). The van der Waals surface area contributed by atoms with Crippen molar-refractivity contribution in [1.29, 1.82) is 0 Å². The summed E-state index contributed by atoms with van der Waals surface area (Å²) in [5, 5.41) is 21.1. The van der Waals surface area contributed by atoms with Crippen molar-refractivity contribution in [2.45, 2.75) is 32.6 Å². The quantitative estimate of drug-likeness (QED) is 0.286. The van der Waals surface area contributed by atoms with Gasteiger partial charge < -0.3 is 16.0 Å². The highest BCUT2D eigenvalue weighted by molar-refractivity contribution is 6.04. The van der Waals surface area contributed by atoms with Gasteiger partial charge in [-0.15, -0.1) is 5.10 Å². The minimum Gasteiger partial charge on any atom is -0.357 e. The van der Waals surface area contributed by atoms with E-state index in [9.17, 15) is 4.79 Å². The molecule has 0 bridgehead atoms. The molecule has 8 heteroatoms. The average Bonchev–Trinajstić information content (AvgIpc) is 2.87. The van der Waals surface area contributed by atoms with Crippen LogP contribution in [0, 0.1) is 6.92 Å². The Labute approximate surface area is 214 Å². The van der Waals surface area contributed by atoms with Crippen molar-refractivity contribution in [3.05, 3.63) is 72.1 Å². The lowest BCUT2D eigenvalue weighted by atomic mass is 9.78. The Morgan fingerprint density at radius 3 is 2.70 bits per heavy atom. The number of amides is 1. The monoisotopic (exact) mass is 489 g/mol. The molecule has 0 radical (unpaired) electrons. The summed E-state index contributed by atoms with van der Waals surface area (Å²) in [4.78, 5) is 21.1. The van der Waals surface area contributed by atoms with E-state index in [0.717, 1.165) is 55.3 Å². The van der Waals surface area contributed by atoms with Crippen LogP contribution in [-0.2, 0) is 10.2 Å². The van der Waals surface area contributed by atoms with Crippen LogP contribution in [0.4, 0.5) is 23.1 Å². The Kier molecular flexibility index (Phi) is 5.26. The third kappa shape index (κ3) is 4.00. The van der Waals surface area contributed by atoms with Crippen LogP contribution in [0.1, 0.15) is 31.4 Å². The maximum Gasteiger partial charge on any atom is 0.225 e. The van der Waals surface area contributed by atoms with Gasteiger partial charge in [0.1, 0.15) is 0 Å². The Hall–Kier alpha value is -4.59. The van der Waals surface area contributed by atoms with Crippen LogP contribution in [-0.4, -0.2) is 33.1 Å². The molecule has 3 heterocycles. The molecule has 0 saturated carbocycles. The summed E-state index contributed by atoms with van der Waals surface area (Å²) >= 11 is 0. The number of rotatable bonds is 4. The highest BCUT2D eigenvalue weighted by Gasteiger charge is 2.31. The SMILES string of the molecule is CNc1ncc2cc(-c3c(C)ccc4c(Nc5ccc6c(c5)NC(=O)CC6(C)C)nncc34)ccc2n1. The Morgan fingerprint density at radius 2 is 1.86 bits per heavy atom. The van der Waals surface area contributed by atoms with Crippen LogP contribution >= 0.6 is 0 Å². The largest absolute Gasteiger partial charge is 0.357 e. The molecule has 3 N–H and O–H groups in total. The van der Waals surface area contributed by atoms with Gasteiger partial charge in [-0.2, -0.15) is 5.10 Å². The third-order valence-corrected chi connectivity index (χ3v) is 7.03. The zero-order valence-corrected chi connectivity index (χ0v) is 21.2. The fraction of sp³-hybridized carbons (Fsp3) is 0.207. The number of carbonyl (C=O) groups excluding carboxylic acids is 1. The summed E-state index contributed by atoms with van der Waals surface area (Å²) in [5.41, 5.74) is 6.76. The van der Waals surface area contributed by atoms with Crippen molar-refractivity contribution in [2.75, 3.05) is 23.0 Å². The Morgan fingerprint density at radius 1 is 1.00 bits per heavy atom. The molecule has 0 aliphatic carbocycles. The summed E-state index contributed by atoms with van der Waals surface area (Å²) in [5.74, 6) is 1.28. The fourth-order valence-electron chi connectivity index (χ4n) is 5.20. The predicted octanol–water partition coefficient (Wildman–Crippen LogP) is 5.95. The van der Waals surface area contributed by atoms with Gasteiger partial charge in [-0.3, -0.25) is 4.79 Å². The predicted molar refractivity (Wildman–Crippen MR) is 148 cm³/mol. The van der Waals surface area contributed by atoms with Crippen molar-refractivity contribution in [1.82, 2.24) is 20.2 Å². The summed E-state index contributed by atoms with van der Waals surface area (Å²) in [7, 11) is 1.81. The number of nitrogens with one attached hydrogen (secondary N) is 3. The van der Waals surface area contributed by atoms with Crippen LogP contribution in [0.3, 0.4) is 0 Å². The van der Waals surface area contributed by atoms with Crippen molar-refractivity contribution in [3.8, 4) is 11.1 Å². The van der Waals surface area contributed by atoms with Crippen LogP contribution in [0.5, 0.6) is 0 Å². The zero-order chi connectivity index (χ0) is 25.7. The number of nitrogens with zero attached hydrogens (tertiary/aromatic N) is 4. The minimum atomic E-state index is -0.207. The van der Waals surface area contributed by atoms with Gasteiger partial charge in [0.2, 0.25) is 11.9 Å². The number of anilines is 4. The lowest BCUT2D eigenvalue weighted by molar-refractivity contribution is -0.117. The molecule has 37 heavy (non-hydrogen) atoms. The summed E-state index contributed by atoms with van der Waals surface area (Å²) in [6.07, 6.45) is 4.12. The van der Waals surface area contributed by atoms with E-state index in [0.29, 0.717) is 18.2 Å². The lowest BCUT2D eigenvalue weighted by Gasteiger charge is -2.32. The van der Waals surface area contributed by atoms with Crippen LogP contribution < -0.4 is 16.0 Å². The van der Waals surface area contributed by atoms with Crippen molar-refractivity contribution in [3.63, 3.8) is 0 Å². The normalized spacial score (nSPS) is 14.3. The highest BCUT2D eigenvalue weighted by Crippen LogP contribution is 2.40. The second-order valence-electron chi connectivity index (χ2n) is 10.1. The molecule has 0 spiro atoms. The first-order chi connectivity index (χ1) is 17.8. The van der Waals surface area contributed by atoms with E-state index in [1.54, 1.807) is 0 Å². The van der Waals surface area contributed by atoms with Crippen molar-refractivity contribution < 1.29 is 4.79 Å². The molecule has 8 nitrogen and oxygen atoms in total. The first-order valence-electron chi connectivity index (χ1n) is 12.2. The second kappa shape index (κ2) is 8.51. The Balaban J connectivity index is 1.42. The van der Waals surface area contributed by atoms with Gasteiger partial charge in [-0.25, -0.2) is 9.97 Å². The third-order valence-electron chi connectivity index (χ3n) is 7.03.